The molecule has 0 radical (unpaired) electrons. The van der Waals surface area contributed by atoms with E-state index in [1.165, 1.54) is 6.92 Å². The number of hydrogen-bond donors (Lipinski definition) is 1. The summed E-state index contributed by atoms with van der Waals surface area (Å²) in [6.45, 7) is 5.62. The van der Waals surface area contributed by atoms with Gasteiger partial charge in [-0.15, -0.1) is 0 Å². The van der Waals surface area contributed by atoms with Gasteiger partial charge in [-0.05, 0) is 59.4 Å². The molecule has 1 N–H and O–H groups in total. The van der Waals surface area contributed by atoms with Crippen molar-refractivity contribution in [2.24, 2.45) is 5.92 Å². The van der Waals surface area contributed by atoms with Gasteiger partial charge in [-0.25, -0.2) is 0 Å². The zero-order valence-corrected chi connectivity index (χ0v) is 17.9. The number of amides is 1. The molecular weight excluding hydrogens is 414 g/mol. The van der Waals surface area contributed by atoms with E-state index in [4.69, 9.17) is 0 Å². The van der Waals surface area contributed by atoms with Gasteiger partial charge >= 0.3 is 0 Å². The van der Waals surface area contributed by atoms with Gasteiger partial charge in [0.1, 0.15) is 0 Å². The third-order valence-corrected chi connectivity index (χ3v) is 5.30. The summed E-state index contributed by atoms with van der Waals surface area (Å²) in [7, 11) is 0. The molecule has 0 aliphatic carbocycles. The molecule has 0 unspecified atom stereocenters. The Kier molecular flexibility index (Phi) is 6.30. The highest BCUT2D eigenvalue weighted by molar-refractivity contribution is 9.10. The fraction of sp³-hybridized carbons (Fsp3) is 0.250. The quantitative estimate of drug-likeness (QED) is 0.513. The van der Waals surface area contributed by atoms with Gasteiger partial charge in [0.2, 0.25) is 0 Å². The first-order valence-electron chi connectivity index (χ1n) is 9.46. The van der Waals surface area contributed by atoms with Crippen LogP contribution in [0.1, 0.15) is 37.6 Å². The van der Waals surface area contributed by atoms with Gasteiger partial charge in [0.15, 0.2) is 5.78 Å². The molecule has 0 aliphatic heterocycles. The highest BCUT2D eigenvalue weighted by atomic mass is 79.9. The number of ketones is 1. The zero-order chi connectivity index (χ0) is 20.3. The van der Waals surface area contributed by atoms with Crippen LogP contribution in [-0.2, 0) is 4.79 Å². The molecule has 1 amide bonds. The van der Waals surface area contributed by atoms with Crippen molar-refractivity contribution in [3.63, 3.8) is 0 Å². The Labute approximate surface area is 174 Å². The van der Waals surface area contributed by atoms with Gasteiger partial charge in [-0.2, -0.15) is 0 Å². The summed E-state index contributed by atoms with van der Waals surface area (Å²) in [5.41, 5.74) is 2.40. The first-order valence-corrected chi connectivity index (χ1v) is 10.2. The fourth-order valence-corrected chi connectivity index (χ4v) is 3.79. The second-order valence-electron chi connectivity index (χ2n) is 7.48. The standard InChI is InChI=1S/C24H24BrNO2/c1-15(2)13-23(16(3)27)26-24(28)21-12-11-18(25)14-22(21)20-10-6-8-17-7-4-5-9-19(17)20/h4-12,14-15,23H,13H2,1-3H3,(H,26,28)/t23-/m0/s1. The third kappa shape index (κ3) is 4.50. The Morgan fingerprint density at radius 2 is 1.68 bits per heavy atom. The Morgan fingerprint density at radius 3 is 2.39 bits per heavy atom. The van der Waals surface area contributed by atoms with Gasteiger partial charge in [-0.1, -0.05) is 72.2 Å². The van der Waals surface area contributed by atoms with Crippen molar-refractivity contribution in [1.29, 1.82) is 0 Å². The van der Waals surface area contributed by atoms with E-state index in [0.29, 0.717) is 17.9 Å². The summed E-state index contributed by atoms with van der Waals surface area (Å²) in [6, 6.07) is 19.4. The molecule has 4 heteroatoms. The van der Waals surface area contributed by atoms with Gasteiger partial charge in [-0.3, -0.25) is 9.59 Å². The number of nitrogens with one attached hydrogen (secondary N) is 1. The Morgan fingerprint density at radius 1 is 0.964 bits per heavy atom. The third-order valence-electron chi connectivity index (χ3n) is 4.81. The number of halogens is 1. The summed E-state index contributed by atoms with van der Waals surface area (Å²) in [5.74, 6) is 0.0683. The van der Waals surface area contributed by atoms with E-state index in [1.807, 2.05) is 56.3 Å². The van der Waals surface area contributed by atoms with E-state index < -0.39 is 6.04 Å². The molecule has 0 spiro atoms. The lowest BCUT2D eigenvalue weighted by Gasteiger charge is -2.19. The molecule has 28 heavy (non-hydrogen) atoms. The maximum absolute atomic E-state index is 13.1. The summed E-state index contributed by atoms with van der Waals surface area (Å²) in [4.78, 5) is 25.1. The Bertz CT molecular complexity index is 1020. The lowest BCUT2D eigenvalue weighted by molar-refractivity contribution is -0.119. The van der Waals surface area contributed by atoms with Crippen LogP contribution in [0.25, 0.3) is 21.9 Å². The first-order chi connectivity index (χ1) is 13.4. The maximum Gasteiger partial charge on any atom is 0.252 e. The molecular formula is C24H24BrNO2. The van der Waals surface area contributed by atoms with E-state index in [2.05, 4.69) is 39.4 Å². The van der Waals surface area contributed by atoms with Crippen LogP contribution in [0, 0.1) is 5.92 Å². The van der Waals surface area contributed by atoms with E-state index in [1.54, 1.807) is 0 Å². The minimum atomic E-state index is -0.475. The Hall–Kier alpha value is -2.46. The smallest absolute Gasteiger partial charge is 0.252 e. The largest absolute Gasteiger partial charge is 0.342 e. The molecule has 3 nitrogen and oxygen atoms in total. The summed E-state index contributed by atoms with van der Waals surface area (Å²) in [5, 5.41) is 5.14. The summed E-state index contributed by atoms with van der Waals surface area (Å²) >= 11 is 3.53. The molecule has 0 aromatic heterocycles. The maximum atomic E-state index is 13.1. The van der Waals surface area contributed by atoms with Gasteiger partial charge < -0.3 is 5.32 Å². The normalized spacial score (nSPS) is 12.2. The molecule has 0 fully saturated rings. The average Bonchev–Trinajstić information content (AvgIpc) is 2.66. The number of rotatable bonds is 6. The lowest BCUT2D eigenvalue weighted by Crippen LogP contribution is -2.40. The van der Waals surface area contributed by atoms with Crippen molar-refractivity contribution < 1.29 is 9.59 Å². The first kappa shape index (κ1) is 20.3. The van der Waals surface area contributed by atoms with E-state index >= 15 is 0 Å². The average molecular weight is 438 g/mol. The van der Waals surface area contributed by atoms with E-state index in [-0.39, 0.29) is 11.7 Å². The minimum absolute atomic E-state index is 0.0223. The van der Waals surface area contributed by atoms with Crippen LogP contribution in [-0.4, -0.2) is 17.7 Å². The zero-order valence-electron chi connectivity index (χ0n) is 16.3. The molecule has 0 saturated heterocycles. The second-order valence-corrected chi connectivity index (χ2v) is 8.40. The molecule has 0 aliphatic rings. The van der Waals surface area contributed by atoms with Gasteiger partial charge in [0, 0.05) is 10.0 Å². The van der Waals surface area contributed by atoms with Crippen molar-refractivity contribution in [1.82, 2.24) is 5.32 Å². The number of carbonyl (C=O) groups excluding carboxylic acids is 2. The molecule has 3 rings (SSSR count). The molecule has 3 aromatic carbocycles. The van der Waals surface area contributed by atoms with Crippen LogP contribution >= 0.6 is 15.9 Å². The lowest BCUT2D eigenvalue weighted by atomic mass is 9.93. The highest BCUT2D eigenvalue weighted by Gasteiger charge is 2.22. The van der Waals surface area contributed by atoms with Crippen molar-refractivity contribution in [3.8, 4) is 11.1 Å². The molecule has 0 saturated carbocycles. The topological polar surface area (TPSA) is 46.2 Å². The number of Topliss-reactive ketones (excluding diaryl/α,β-unsaturated/α-hetero) is 1. The van der Waals surface area contributed by atoms with E-state index in [9.17, 15) is 9.59 Å². The van der Waals surface area contributed by atoms with Gasteiger partial charge in [0.05, 0.1) is 6.04 Å². The summed E-state index contributed by atoms with van der Waals surface area (Å²) < 4.78 is 0.900. The van der Waals surface area contributed by atoms with Crippen LogP contribution in [0.15, 0.2) is 65.1 Å². The monoisotopic (exact) mass is 437 g/mol. The van der Waals surface area contributed by atoms with Crippen LogP contribution in [0.3, 0.4) is 0 Å². The summed E-state index contributed by atoms with van der Waals surface area (Å²) in [6.07, 6.45) is 0.626. The van der Waals surface area contributed by atoms with Crippen molar-refractivity contribution in [3.05, 3.63) is 70.7 Å². The predicted molar refractivity (Wildman–Crippen MR) is 118 cm³/mol. The minimum Gasteiger partial charge on any atom is -0.342 e. The van der Waals surface area contributed by atoms with Crippen LogP contribution in [0.2, 0.25) is 0 Å². The van der Waals surface area contributed by atoms with Crippen molar-refractivity contribution >= 4 is 38.4 Å². The number of fused-ring (bicyclic) bond motifs is 1. The van der Waals surface area contributed by atoms with Crippen LogP contribution in [0.5, 0.6) is 0 Å². The van der Waals surface area contributed by atoms with Crippen LogP contribution in [0.4, 0.5) is 0 Å². The van der Waals surface area contributed by atoms with E-state index in [0.717, 1.165) is 26.4 Å². The van der Waals surface area contributed by atoms with Crippen molar-refractivity contribution in [2.75, 3.05) is 0 Å². The molecule has 0 heterocycles. The molecule has 0 bridgehead atoms. The van der Waals surface area contributed by atoms with Gasteiger partial charge in [0.25, 0.3) is 5.91 Å². The highest BCUT2D eigenvalue weighted by Crippen LogP contribution is 2.33. The predicted octanol–water partition coefficient (Wildman–Crippen LogP) is 6.00. The SMILES string of the molecule is CC(=O)[C@H](CC(C)C)NC(=O)c1ccc(Br)cc1-c1cccc2ccccc12. The molecule has 3 aromatic rings. The number of carbonyl (C=O) groups is 2. The number of hydrogen-bond acceptors (Lipinski definition) is 2. The molecule has 1 atom stereocenters. The van der Waals surface area contributed by atoms with Crippen molar-refractivity contribution in [2.45, 2.75) is 33.2 Å². The van der Waals surface area contributed by atoms with Crippen LogP contribution < -0.4 is 5.32 Å². The Balaban J connectivity index is 2.06. The second kappa shape index (κ2) is 8.70. The fourth-order valence-electron chi connectivity index (χ4n) is 3.43. The number of benzene rings is 3. The molecule has 144 valence electrons.